The van der Waals surface area contributed by atoms with Gasteiger partial charge in [-0.1, -0.05) is 181 Å². The molecule has 458 valence electrons. The number of nitrogens with zero attached hydrogens (tertiary/aromatic N) is 2. The van der Waals surface area contributed by atoms with E-state index in [9.17, 15) is 48.8 Å². The van der Waals surface area contributed by atoms with Gasteiger partial charge in [0.15, 0.2) is 6.29 Å². The number of phosphoric ester groups is 1. The zero-order valence-corrected chi connectivity index (χ0v) is 49.5. The van der Waals surface area contributed by atoms with E-state index in [2.05, 4.69) is 13.8 Å². The first-order valence-electron chi connectivity index (χ1n) is 29.9. The fourth-order valence-corrected chi connectivity index (χ4v) is 10.2. The lowest BCUT2D eigenvalue weighted by Gasteiger charge is -2.42. The van der Waals surface area contributed by atoms with E-state index < -0.39 is 132 Å². The van der Waals surface area contributed by atoms with Crippen LogP contribution in [0.4, 0.5) is 0 Å². The number of imide groups is 2. The number of amides is 5. The van der Waals surface area contributed by atoms with Crippen LogP contribution in [0.15, 0.2) is 0 Å². The van der Waals surface area contributed by atoms with Crippen LogP contribution >= 0.6 is 7.82 Å². The van der Waals surface area contributed by atoms with E-state index in [1.54, 1.807) is 0 Å². The number of aliphatic hydroxyl groups excluding tert-OH is 3. The normalized spacial score (nSPS) is 19.9. The number of phosphoric acid groups is 1. The second-order valence-corrected chi connectivity index (χ2v) is 22.8. The number of carbonyl (C=O) groups is 5. The highest BCUT2D eigenvalue weighted by atomic mass is 31.2. The molecule has 1 saturated heterocycles. The molecular formula is C56H108N5O16P. The van der Waals surface area contributed by atoms with Crippen molar-refractivity contribution in [3.8, 4) is 0 Å². The molecule has 22 heteroatoms. The van der Waals surface area contributed by atoms with Crippen LogP contribution in [0.1, 0.15) is 227 Å². The zero-order valence-electron chi connectivity index (χ0n) is 48.6. The maximum absolute atomic E-state index is 13.9. The monoisotopic (exact) mass is 1140 g/mol. The Morgan fingerprint density at radius 3 is 1.58 bits per heavy atom. The summed E-state index contributed by atoms with van der Waals surface area (Å²) >= 11 is 0. The van der Waals surface area contributed by atoms with E-state index in [4.69, 9.17) is 45.2 Å². The molecule has 0 aromatic heterocycles. The third-order valence-corrected chi connectivity index (χ3v) is 15.1. The van der Waals surface area contributed by atoms with Gasteiger partial charge in [0.05, 0.1) is 44.6 Å². The van der Waals surface area contributed by atoms with Crippen molar-refractivity contribution >= 4 is 37.4 Å². The van der Waals surface area contributed by atoms with Gasteiger partial charge < -0.3 is 56.4 Å². The Morgan fingerprint density at radius 1 is 0.679 bits per heavy atom. The summed E-state index contributed by atoms with van der Waals surface area (Å²) in [5.41, 5.74) is 17.3. The van der Waals surface area contributed by atoms with Gasteiger partial charge in [-0.3, -0.25) is 42.8 Å². The lowest BCUT2D eigenvalue weighted by atomic mass is 9.97. The van der Waals surface area contributed by atoms with Crippen molar-refractivity contribution in [1.29, 1.82) is 0 Å². The Labute approximate surface area is 468 Å². The summed E-state index contributed by atoms with van der Waals surface area (Å²) in [5.74, 6) is -5.11. The fourth-order valence-electron chi connectivity index (χ4n) is 9.46. The van der Waals surface area contributed by atoms with Crippen LogP contribution in [-0.2, 0) is 56.5 Å². The Balaban J connectivity index is 2.97. The van der Waals surface area contributed by atoms with E-state index in [0.29, 0.717) is 23.0 Å². The third kappa shape index (κ3) is 33.4. The Hall–Kier alpha value is -2.50. The molecule has 1 aliphatic heterocycles. The molecule has 1 rings (SSSR count). The van der Waals surface area contributed by atoms with Crippen LogP contribution in [0.2, 0.25) is 0 Å². The maximum atomic E-state index is 13.9. The van der Waals surface area contributed by atoms with Gasteiger partial charge in [-0.2, -0.15) is 0 Å². The molecule has 10 atom stereocenters. The zero-order chi connectivity index (χ0) is 58.1. The molecule has 1 heterocycles. The van der Waals surface area contributed by atoms with Crippen LogP contribution in [0.5, 0.6) is 0 Å². The molecule has 0 saturated carbocycles. The molecule has 0 aromatic rings. The van der Waals surface area contributed by atoms with Crippen LogP contribution < -0.4 is 17.2 Å². The Kier molecular flexibility index (Phi) is 42.5. The van der Waals surface area contributed by atoms with Gasteiger partial charge in [-0.05, 0) is 33.1 Å². The van der Waals surface area contributed by atoms with Gasteiger partial charge in [0, 0.05) is 26.6 Å². The number of aliphatic hydroxyl groups is 3. The molecule has 1 fully saturated rings. The number of unbranched alkanes of at least 4 members (excludes halogenated alkanes) is 26. The van der Waals surface area contributed by atoms with Crippen molar-refractivity contribution in [2.45, 2.75) is 282 Å². The average Bonchev–Trinajstić information content (AvgIpc) is 3.40. The summed E-state index contributed by atoms with van der Waals surface area (Å²) in [6.07, 6.45) is 25.1. The molecule has 3 unspecified atom stereocenters. The van der Waals surface area contributed by atoms with Crippen molar-refractivity contribution in [3.63, 3.8) is 0 Å². The van der Waals surface area contributed by atoms with Gasteiger partial charge in [0.25, 0.3) is 5.91 Å². The summed E-state index contributed by atoms with van der Waals surface area (Å²) in [7, 11) is -5.00. The highest BCUT2D eigenvalue weighted by molar-refractivity contribution is 7.47. The van der Waals surface area contributed by atoms with Gasteiger partial charge in [-0.25, -0.2) is 4.57 Å². The van der Waals surface area contributed by atoms with Gasteiger partial charge in [0.1, 0.15) is 37.1 Å². The SMILES string of the molecule is CCCCCCCCCCCCCCCCOCC(COP(=O)(O)OCC(=O)N(CC(C)O[C@@H]1[C@@H](N)[C@@H](O)O[C@H](CO)[C@H]1O)C(=O)CC[C@H](C(N)=O)N(C(C)=O)C(=O)[C@H](C)N)OCCCCCCCCCCCCCCCC. The smallest absolute Gasteiger partial charge is 0.394 e. The number of nitrogens with two attached hydrogens (primary N) is 3. The minimum absolute atomic E-state index is 0.0842. The van der Waals surface area contributed by atoms with Gasteiger partial charge >= 0.3 is 7.82 Å². The van der Waals surface area contributed by atoms with E-state index in [1.165, 1.54) is 149 Å². The molecule has 0 spiro atoms. The van der Waals surface area contributed by atoms with Crippen LogP contribution in [0.25, 0.3) is 0 Å². The Morgan fingerprint density at radius 2 is 1.14 bits per heavy atom. The van der Waals surface area contributed by atoms with Gasteiger partial charge in [0.2, 0.25) is 23.6 Å². The first-order chi connectivity index (χ1) is 37.3. The number of primary amides is 1. The van der Waals surface area contributed by atoms with Gasteiger partial charge in [-0.15, -0.1) is 0 Å². The number of hydrogen-bond donors (Lipinski definition) is 7. The summed E-state index contributed by atoms with van der Waals surface area (Å²) in [5, 5.41) is 30.8. The van der Waals surface area contributed by atoms with Crippen LogP contribution in [-0.4, -0.2) is 161 Å². The highest BCUT2D eigenvalue weighted by Gasteiger charge is 2.45. The number of carbonyl (C=O) groups excluding carboxylic acids is 5. The molecule has 21 nitrogen and oxygen atoms in total. The summed E-state index contributed by atoms with van der Waals surface area (Å²) < 4.78 is 46.9. The second kappa shape index (κ2) is 45.1. The highest BCUT2D eigenvalue weighted by Crippen LogP contribution is 2.43. The van der Waals surface area contributed by atoms with Crippen molar-refractivity contribution < 1.29 is 76.7 Å². The van der Waals surface area contributed by atoms with Crippen molar-refractivity contribution in [1.82, 2.24) is 9.80 Å². The summed E-state index contributed by atoms with van der Waals surface area (Å²) in [6.45, 7) is 6.22. The maximum Gasteiger partial charge on any atom is 0.472 e. The van der Waals surface area contributed by atoms with Crippen LogP contribution in [0.3, 0.4) is 0 Å². The topological polar surface area (TPSA) is 323 Å². The Bertz CT molecular complexity index is 1650. The molecule has 0 aliphatic carbocycles. The van der Waals surface area contributed by atoms with Crippen molar-refractivity contribution in [2.24, 2.45) is 17.2 Å². The first kappa shape index (κ1) is 73.5. The van der Waals surface area contributed by atoms with Crippen LogP contribution in [0, 0.1) is 0 Å². The molecule has 5 amide bonds. The molecule has 1 aliphatic rings. The number of hydrogen-bond acceptors (Lipinski definition) is 17. The molecule has 0 aromatic carbocycles. The molecule has 0 bridgehead atoms. The third-order valence-electron chi connectivity index (χ3n) is 14.2. The quantitative estimate of drug-likeness (QED) is 0.0231. The number of rotatable bonds is 50. The van der Waals surface area contributed by atoms with E-state index in [-0.39, 0.29) is 6.61 Å². The molecular weight excluding hydrogens is 1030 g/mol. The number of ether oxygens (including phenoxy) is 4. The lowest BCUT2D eigenvalue weighted by molar-refractivity contribution is -0.263. The predicted molar refractivity (Wildman–Crippen MR) is 299 cm³/mol. The van der Waals surface area contributed by atoms with E-state index >= 15 is 0 Å². The summed E-state index contributed by atoms with van der Waals surface area (Å²) in [6, 6.07) is -4.18. The summed E-state index contributed by atoms with van der Waals surface area (Å²) in [4.78, 5) is 77.6. The first-order valence-corrected chi connectivity index (χ1v) is 31.4. The minimum Gasteiger partial charge on any atom is -0.394 e. The molecule has 10 N–H and O–H groups in total. The molecule has 78 heavy (non-hydrogen) atoms. The largest absolute Gasteiger partial charge is 0.472 e. The fraction of sp³-hybridized carbons (Fsp3) is 0.911. The standard InChI is InChI=1S/C56H108N5O16P/c1-6-8-10-12-14-16-18-20-22-24-26-28-30-32-36-72-40-46(73-37-33-31-29-27-25-23-21-19-17-15-13-11-9-7-2)41-74-78(70,71)75-42-50(65)60(38-43(3)76-53-51(58)56(69)77-48(39-62)52(53)66)49(64)35-34-47(54(59)67)61(45(5)63)55(68)44(4)57/h43-44,46-48,51-53,56,62,66,69H,6-42,57-58H2,1-5H3,(H2,59,67)(H,70,71)/t43?,44-,46?,47+,48+,51+,52+,53+,56-/m0/s1. The minimum atomic E-state index is -5.00. The van der Waals surface area contributed by atoms with E-state index in [1.807, 2.05) is 0 Å². The average molecular weight is 1140 g/mol. The molecule has 0 radical (unpaired) electrons. The predicted octanol–water partition coefficient (Wildman–Crippen LogP) is 7.37. The van der Waals surface area contributed by atoms with Crippen molar-refractivity contribution in [3.05, 3.63) is 0 Å². The van der Waals surface area contributed by atoms with E-state index in [0.717, 1.165) is 51.9 Å². The lowest BCUT2D eigenvalue weighted by Crippen LogP contribution is -2.63. The second-order valence-electron chi connectivity index (χ2n) is 21.4. The van der Waals surface area contributed by atoms with Crippen molar-refractivity contribution in [2.75, 3.05) is 46.2 Å².